The molecule has 5 nitrogen and oxygen atoms in total. The van der Waals surface area contributed by atoms with Crippen molar-refractivity contribution in [3.8, 4) is 0 Å². The average Bonchev–Trinajstić information content (AvgIpc) is 3.04. The summed E-state index contributed by atoms with van der Waals surface area (Å²) in [5.41, 5.74) is 2.26. The molecule has 0 radical (unpaired) electrons. The van der Waals surface area contributed by atoms with Crippen molar-refractivity contribution < 1.29 is 9.59 Å². The van der Waals surface area contributed by atoms with Crippen molar-refractivity contribution in [3.05, 3.63) is 93.4 Å². The lowest BCUT2D eigenvalue weighted by Gasteiger charge is -2.24. The highest BCUT2D eigenvalue weighted by Crippen LogP contribution is 2.29. The summed E-state index contributed by atoms with van der Waals surface area (Å²) >= 11 is 23.6. The fraction of sp³-hybridized carbons (Fsp3) is 0.160. The van der Waals surface area contributed by atoms with Crippen LogP contribution in [0.5, 0.6) is 0 Å². The summed E-state index contributed by atoms with van der Waals surface area (Å²) < 4.78 is 0. The first-order valence-corrected chi connectivity index (χ1v) is 12.1. The number of benzene rings is 3. The van der Waals surface area contributed by atoms with Crippen molar-refractivity contribution in [2.45, 2.75) is 18.9 Å². The van der Waals surface area contributed by atoms with Crippen LogP contribution in [-0.2, 0) is 16.0 Å². The predicted molar refractivity (Wildman–Crippen MR) is 142 cm³/mol. The SMILES string of the molecule is O=C(CC1C(=O)N(c2ccc(Cl)cc2)C(=S)N1CCc1ccc(Cl)cc1)Nc1ccc(Cl)cc1. The van der Waals surface area contributed by atoms with E-state index >= 15 is 0 Å². The highest BCUT2D eigenvalue weighted by atomic mass is 35.5. The van der Waals surface area contributed by atoms with Crippen LogP contribution in [0.3, 0.4) is 0 Å². The molecule has 174 valence electrons. The Morgan fingerprint density at radius 2 is 1.38 bits per heavy atom. The molecule has 1 aliphatic rings. The van der Waals surface area contributed by atoms with E-state index in [0.717, 1.165) is 5.56 Å². The molecule has 1 heterocycles. The summed E-state index contributed by atoms with van der Waals surface area (Å²) in [6, 6.07) is 20.4. The van der Waals surface area contributed by atoms with Gasteiger partial charge in [-0.2, -0.15) is 0 Å². The third-order valence-electron chi connectivity index (χ3n) is 5.46. The van der Waals surface area contributed by atoms with E-state index in [1.807, 2.05) is 29.2 Å². The highest BCUT2D eigenvalue weighted by molar-refractivity contribution is 7.80. The number of halogens is 3. The smallest absolute Gasteiger partial charge is 0.256 e. The third kappa shape index (κ3) is 5.70. The molecule has 3 aromatic carbocycles. The molecule has 1 atom stereocenters. The number of carbonyl (C=O) groups excluding carboxylic acids is 2. The van der Waals surface area contributed by atoms with Gasteiger partial charge in [0.25, 0.3) is 5.91 Å². The Kier molecular flexibility index (Phi) is 7.73. The monoisotopic (exact) mass is 531 g/mol. The second-order valence-electron chi connectivity index (χ2n) is 7.78. The molecule has 1 aliphatic heterocycles. The van der Waals surface area contributed by atoms with Gasteiger partial charge in [-0.15, -0.1) is 0 Å². The van der Waals surface area contributed by atoms with Crippen LogP contribution in [0.25, 0.3) is 0 Å². The molecular weight excluding hydrogens is 513 g/mol. The van der Waals surface area contributed by atoms with Crippen molar-refractivity contribution >= 4 is 75.3 Å². The van der Waals surface area contributed by atoms with Gasteiger partial charge in [-0.05, 0) is 84.9 Å². The van der Waals surface area contributed by atoms with E-state index in [4.69, 9.17) is 47.0 Å². The lowest BCUT2D eigenvalue weighted by atomic mass is 10.1. The first-order valence-electron chi connectivity index (χ1n) is 10.5. The third-order valence-corrected chi connectivity index (χ3v) is 6.64. The molecule has 1 saturated heterocycles. The van der Waals surface area contributed by atoms with Crippen molar-refractivity contribution in [3.63, 3.8) is 0 Å². The molecule has 9 heteroatoms. The summed E-state index contributed by atoms with van der Waals surface area (Å²) in [5, 5.41) is 4.96. The minimum absolute atomic E-state index is 0.0493. The topological polar surface area (TPSA) is 52.7 Å². The minimum atomic E-state index is -0.734. The number of nitrogens with zero attached hydrogens (tertiary/aromatic N) is 2. The fourth-order valence-corrected chi connectivity index (χ4v) is 4.53. The van der Waals surface area contributed by atoms with E-state index in [1.165, 1.54) is 4.90 Å². The molecule has 0 bridgehead atoms. The molecule has 3 aromatic rings. The van der Waals surface area contributed by atoms with E-state index in [0.29, 0.717) is 44.5 Å². The molecule has 0 aromatic heterocycles. The Bertz CT molecular complexity index is 1200. The van der Waals surface area contributed by atoms with Gasteiger partial charge in [-0.25, -0.2) is 0 Å². The maximum atomic E-state index is 13.4. The summed E-state index contributed by atoms with van der Waals surface area (Å²) in [5.74, 6) is -0.549. The first kappa shape index (κ1) is 24.5. The van der Waals surface area contributed by atoms with Crippen molar-refractivity contribution in [2.24, 2.45) is 0 Å². The standard InChI is InChI=1S/C25H20Cl3N3O2S/c26-17-3-1-16(2-4-17)13-14-30-22(15-23(32)29-20-9-5-18(27)6-10-20)24(33)31(25(30)34)21-11-7-19(28)8-12-21/h1-12,22H,13-15H2,(H,29,32). The van der Waals surface area contributed by atoms with Gasteiger partial charge in [-0.1, -0.05) is 46.9 Å². The lowest BCUT2D eigenvalue weighted by molar-refractivity contribution is -0.124. The van der Waals surface area contributed by atoms with Crippen molar-refractivity contribution in [1.29, 1.82) is 0 Å². The second kappa shape index (κ2) is 10.7. The van der Waals surface area contributed by atoms with E-state index in [-0.39, 0.29) is 18.2 Å². The average molecular weight is 533 g/mol. The number of nitrogens with one attached hydrogen (secondary N) is 1. The zero-order valence-corrected chi connectivity index (χ0v) is 21.0. The van der Waals surface area contributed by atoms with Gasteiger partial charge in [0.05, 0.1) is 12.1 Å². The molecule has 34 heavy (non-hydrogen) atoms. The summed E-state index contributed by atoms with van der Waals surface area (Å²) in [6.07, 6.45) is 0.584. The van der Waals surface area contributed by atoms with Crippen LogP contribution in [0.4, 0.5) is 11.4 Å². The quantitative estimate of drug-likeness (QED) is 0.367. The van der Waals surface area contributed by atoms with E-state index in [2.05, 4.69) is 5.32 Å². The Morgan fingerprint density at radius 3 is 1.97 bits per heavy atom. The Morgan fingerprint density at radius 1 is 0.853 bits per heavy atom. The number of thiocarbonyl (C=S) groups is 1. The van der Waals surface area contributed by atoms with Crippen LogP contribution in [0.15, 0.2) is 72.8 Å². The van der Waals surface area contributed by atoms with E-state index in [9.17, 15) is 9.59 Å². The van der Waals surface area contributed by atoms with Crippen LogP contribution in [-0.4, -0.2) is 34.4 Å². The lowest BCUT2D eigenvalue weighted by Crippen LogP contribution is -2.39. The van der Waals surface area contributed by atoms with Gasteiger partial charge in [-0.3, -0.25) is 14.5 Å². The molecule has 0 spiro atoms. The van der Waals surface area contributed by atoms with Crippen LogP contribution in [0.1, 0.15) is 12.0 Å². The number of rotatable bonds is 7. The Balaban J connectivity index is 1.55. The van der Waals surface area contributed by atoms with Crippen molar-refractivity contribution in [2.75, 3.05) is 16.8 Å². The zero-order chi connectivity index (χ0) is 24.2. The summed E-state index contributed by atoms with van der Waals surface area (Å²) in [4.78, 5) is 29.6. The molecule has 4 rings (SSSR count). The number of hydrogen-bond acceptors (Lipinski definition) is 3. The van der Waals surface area contributed by atoms with Gasteiger partial charge in [0, 0.05) is 27.3 Å². The Labute approximate surface area is 218 Å². The first-order chi connectivity index (χ1) is 16.3. The van der Waals surface area contributed by atoms with Gasteiger partial charge >= 0.3 is 0 Å². The molecule has 1 unspecified atom stereocenters. The fourth-order valence-electron chi connectivity index (χ4n) is 3.74. The van der Waals surface area contributed by atoms with Gasteiger partial charge in [0.1, 0.15) is 6.04 Å². The molecule has 0 aliphatic carbocycles. The predicted octanol–water partition coefficient (Wildman–Crippen LogP) is 6.22. The maximum Gasteiger partial charge on any atom is 0.256 e. The van der Waals surface area contributed by atoms with Gasteiger partial charge < -0.3 is 10.2 Å². The molecule has 0 saturated carbocycles. The highest BCUT2D eigenvalue weighted by Gasteiger charge is 2.43. The molecule has 2 amide bonds. The van der Waals surface area contributed by atoms with Crippen LogP contribution < -0.4 is 10.2 Å². The van der Waals surface area contributed by atoms with E-state index < -0.39 is 6.04 Å². The zero-order valence-electron chi connectivity index (χ0n) is 17.9. The largest absolute Gasteiger partial charge is 0.336 e. The van der Waals surface area contributed by atoms with Crippen LogP contribution in [0.2, 0.25) is 15.1 Å². The van der Waals surface area contributed by atoms with Gasteiger partial charge in [0.2, 0.25) is 5.91 Å². The second-order valence-corrected chi connectivity index (χ2v) is 9.45. The molecular formula is C25H20Cl3N3O2S. The molecule has 1 fully saturated rings. The van der Waals surface area contributed by atoms with Gasteiger partial charge in [0.15, 0.2) is 5.11 Å². The normalized spacial score (nSPS) is 15.7. The summed E-state index contributed by atoms with van der Waals surface area (Å²) in [7, 11) is 0. The number of amides is 2. The van der Waals surface area contributed by atoms with Crippen LogP contribution in [0, 0.1) is 0 Å². The Hall–Kier alpha value is -2.64. The summed E-state index contributed by atoms with van der Waals surface area (Å²) in [6.45, 7) is 0.467. The molecule has 1 N–H and O–H groups in total. The number of anilines is 2. The van der Waals surface area contributed by atoms with Crippen LogP contribution >= 0.6 is 47.0 Å². The van der Waals surface area contributed by atoms with E-state index in [1.54, 1.807) is 48.5 Å². The number of carbonyl (C=O) groups is 2. The number of hydrogen-bond donors (Lipinski definition) is 1. The van der Waals surface area contributed by atoms with Crippen molar-refractivity contribution in [1.82, 2.24) is 4.90 Å². The maximum absolute atomic E-state index is 13.4. The minimum Gasteiger partial charge on any atom is -0.336 e.